The van der Waals surface area contributed by atoms with Gasteiger partial charge in [0.05, 0.1) is 25.9 Å². The van der Waals surface area contributed by atoms with Gasteiger partial charge in [-0.1, -0.05) is 6.07 Å². The fourth-order valence-electron chi connectivity index (χ4n) is 1.66. The molecular formula is C12H19NO3. The molecule has 0 amide bonds. The molecule has 3 N–H and O–H groups in total. The lowest BCUT2D eigenvalue weighted by Crippen LogP contribution is -2.06. The Balaban J connectivity index is 2.97. The van der Waals surface area contributed by atoms with Gasteiger partial charge < -0.3 is 20.3 Å². The third-order valence-electron chi connectivity index (χ3n) is 2.48. The van der Waals surface area contributed by atoms with E-state index in [0.29, 0.717) is 30.0 Å². The summed E-state index contributed by atoms with van der Waals surface area (Å²) in [5.74, 6) is 1.28. The van der Waals surface area contributed by atoms with E-state index < -0.39 is 6.10 Å². The summed E-state index contributed by atoms with van der Waals surface area (Å²) in [4.78, 5) is 0. The van der Waals surface area contributed by atoms with Gasteiger partial charge >= 0.3 is 0 Å². The van der Waals surface area contributed by atoms with E-state index in [-0.39, 0.29) is 0 Å². The maximum atomic E-state index is 10.1. The van der Waals surface area contributed by atoms with E-state index in [1.165, 1.54) is 0 Å². The molecule has 1 aromatic rings. The molecule has 1 atom stereocenters. The molecule has 4 heteroatoms. The van der Waals surface area contributed by atoms with Crippen molar-refractivity contribution >= 4 is 0 Å². The van der Waals surface area contributed by atoms with Gasteiger partial charge in [-0.05, 0) is 31.5 Å². The first-order valence-corrected chi connectivity index (χ1v) is 5.33. The number of ether oxygens (including phenoxy) is 2. The Morgan fingerprint density at radius 1 is 1.25 bits per heavy atom. The molecule has 0 aliphatic rings. The van der Waals surface area contributed by atoms with Crippen LogP contribution in [0.4, 0.5) is 0 Å². The second-order valence-electron chi connectivity index (χ2n) is 3.52. The summed E-state index contributed by atoms with van der Waals surface area (Å²) in [6.07, 6.45) is 0.768. The van der Waals surface area contributed by atoms with Crippen molar-refractivity contribution < 1.29 is 14.6 Å². The molecule has 1 unspecified atom stereocenters. The standard InChI is InChI=1S/C12H19NO3/c1-15-10-6-3-7-11(16-2)12(10)9(14)5-4-8-13/h3,6-7,9,14H,4-5,8,13H2,1-2H3. The van der Waals surface area contributed by atoms with E-state index in [0.717, 1.165) is 6.42 Å². The van der Waals surface area contributed by atoms with Crippen molar-refractivity contribution in [1.82, 2.24) is 0 Å². The Morgan fingerprint density at radius 2 is 1.81 bits per heavy atom. The molecule has 0 bridgehead atoms. The second-order valence-corrected chi connectivity index (χ2v) is 3.52. The van der Waals surface area contributed by atoms with Crippen LogP contribution in [0.3, 0.4) is 0 Å². The van der Waals surface area contributed by atoms with Gasteiger partial charge in [0.15, 0.2) is 0 Å². The summed E-state index contributed by atoms with van der Waals surface area (Å²) in [5, 5.41) is 10.1. The van der Waals surface area contributed by atoms with Crippen LogP contribution < -0.4 is 15.2 Å². The Hall–Kier alpha value is -1.26. The fraction of sp³-hybridized carbons (Fsp3) is 0.500. The molecule has 0 radical (unpaired) electrons. The molecule has 0 aliphatic carbocycles. The molecule has 0 saturated carbocycles. The number of methoxy groups -OCH3 is 2. The average molecular weight is 225 g/mol. The summed E-state index contributed by atoms with van der Waals surface area (Å²) in [7, 11) is 3.15. The van der Waals surface area contributed by atoms with Crippen molar-refractivity contribution in [2.24, 2.45) is 5.73 Å². The van der Waals surface area contributed by atoms with Gasteiger partial charge in [0.25, 0.3) is 0 Å². The molecule has 0 spiro atoms. The fourth-order valence-corrected chi connectivity index (χ4v) is 1.66. The van der Waals surface area contributed by atoms with Crippen LogP contribution in [-0.2, 0) is 0 Å². The van der Waals surface area contributed by atoms with Crippen molar-refractivity contribution in [3.63, 3.8) is 0 Å². The highest BCUT2D eigenvalue weighted by Crippen LogP contribution is 2.35. The van der Waals surface area contributed by atoms with Gasteiger partial charge in [-0.15, -0.1) is 0 Å². The van der Waals surface area contributed by atoms with Gasteiger partial charge in [-0.25, -0.2) is 0 Å². The van der Waals surface area contributed by atoms with Crippen molar-refractivity contribution in [1.29, 1.82) is 0 Å². The highest BCUT2D eigenvalue weighted by atomic mass is 16.5. The molecule has 90 valence electrons. The zero-order valence-corrected chi connectivity index (χ0v) is 9.77. The van der Waals surface area contributed by atoms with Crippen LogP contribution in [0.5, 0.6) is 11.5 Å². The summed E-state index contributed by atoms with van der Waals surface area (Å²) >= 11 is 0. The Morgan fingerprint density at radius 3 is 2.25 bits per heavy atom. The molecule has 16 heavy (non-hydrogen) atoms. The van der Waals surface area contributed by atoms with Gasteiger partial charge in [-0.2, -0.15) is 0 Å². The van der Waals surface area contributed by atoms with Crippen LogP contribution in [0.2, 0.25) is 0 Å². The van der Waals surface area contributed by atoms with Crippen LogP contribution in [0.15, 0.2) is 18.2 Å². The lowest BCUT2D eigenvalue weighted by molar-refractivity contribution is 0.157. The van der Waals surface area contributed by atoms with Gasteiger partial charge in [0, 0.05) is 0 Å². The number of aliphatic hydroxyl groups excluding tert-OH is 1. The van der Waals surface area contributed by atoms with Gasteiger partial charge in [0.1, 0.15) is 11.5 Å². The lowest BCUT2D eigenvalue weighted by atomic mass is 10.0. The van der Waals surface area contributed by atoms with Crippen LogP contribution >= 0.6 is 0 Å². The number of hydrogen-bond acceptors (Lipinski definition) is 4. The normalized spacial score (nSPS) is 12.2. The van der Waals surface area contributed by atoms with E-state index in [2.05, 4.69) is 0 Å². The molecular weight excluding hydrogens is 206 g/mol. The van der Waals surface area contributed by atoms with Crippen molar-refractivity contribution in [2.75, 3.05) is 20.8 Å². The Kier molecular flexibility index (Phi) is 5.08. The highest BCUT2D eigenvalue weighted by molar-refractivity contribution is 5.46. The molecule has 0 aromatic heterocycles. The predicted octanol–water partition coefficient (Wildman–Crippen LogP) is 1.48. The van der Waals surface area contributed by atoms with E-state index in [1.54, 1.807) is 14.2 Å². The minimum Gasteiger partial charge on any atom is -0.496 e. The Bertz CT molecular complexity index is 306. The summed E-state index contributed by atoms with van der Waals surface area (Å²) in [5.41, 5.74) is 6.12. The molecule has 0 saturated heterocycles. The second kappa shape index (κ2) is 6.35. The third-order valence-corrected chi connectivity index (χ3v) is 2.48. The number of benzene rings is 1. The number of hydrogen-bond donors (Lipinski definition) is 2. The van der Waals surface area contributed by atoms with E-state index in [9.17, 15) is 5.11 Å². The topological polar surface area (TPSA) is 64.7 Å². The number of aliphatic hydroxyl groups is 1. The zero-order valence-electron chi connectivity index (χ0n) is 9.77. The third kappa shape index (κ3) is 2.87. The van der Waals surface area contributed by atoms with Gasteiger partial charge in [-0.3, -0.25) is 0 Å². The van der Waals surface area contributed by atoms with E-state index >= 15 is 0 Å². The first kappa shape index (κ1) is 12.8. The number of rotatable bonds is 6. The molecule has 1 aromatic carbocycles. The van der Waals surface area contributed by atoms with Crippen molar-refractivity contribution in [2.45, 2.75) is 18.9 Å². The van der Waals surface area contributed by atoms with E-state index in [1.807, 2.05) is 18.2 Å². The average Bonchev–Trinajstić information content (AvgIpc) is 2.34. The minimum absolute atomic E-state index is 0.564. The molecule has 1 rings (SSSR count). The van der Waals surface area contributed by atoms with Crippen LogP contribution in [-0.4, -0.2) is 25.9 Å². The molecule has 4 nitrogen and oxygen atoms in total. The summed E-state index contributed by atoms with van der Waals surface area (Å²) < 4.78 is 10.4. The summed E-state index contributed by atoms with van der Waals surface area (Å²) in [6, 6.07) is 5.45. The van der Waals surface area contributed by atoms with Crippen LogP contribution in [0, 0.1) is 0 Å². The highest BCUT2D eigenvalue weighted by Gasteiger charge is 2.17. The van der Waals surface area contributed by atoms with E-state index in [4.69, 9.17) is 15.2 Å². The van der Waals surface area contributed by atoms with Crippen LogP contribution in [0.1, 0.15) is 24.5 Å². The minimum atomic E-state index is -0.602. The first-order valence-electron chi connectivity index (χ1n) is 5.33. The monoisotopic (exact) mass is 225 g/mol. The maximum Gasteiger partial charge on any atom is 0.128 e. The lowest BCUT2D eigenvalue weighted by Gasteiger charge is -2.17. The van der Waals surface area contributed by atoms with Crippen molar-refractivity contribution in [3.05, 3.63) is 23.8 Å². The SMILES string of the molecule is COc1cccc(OC)c1C(O)CCCN. The quantitative estimate of drug-likeness (QED) is 0.769. The predicted molar refractivity (Wildman–Crippen MR) is 62.8 cm³/mol. The maximum absolute atomic E-state index is 10.1. The molecule has 0 heterocycles. The first-order chi connectivity index (χ1) is 7.74. The molecule has 0 fully saturated rings. The van der Waals surface area contributed by atoms with Gasteiger partial charge in [0.2, 0.25) is 0 Å². The largest absolute Gasteiger partial charge is 0.496 e. The van der Waals surface area contributed by atoms with Crippen molar-refractivity contribution in [3.8, 4) is 11.5 Å². The smallest absolute Gasteiger partial charge is 0.128 e. The Labute approximate surface area is 96.0 Å². The van der Waals surface area contributed by atoms with Crippen LogP contribution in [0.25, 0.3) is 0 Å². The summed E-state index contributed by atoms with van der Waals surface area (Å²) in [6.45, 7) is 0.564. The zero-order chi connectivity index (χ0) is 12.0. The number of nitrogens with two attached hydrogens (primary N) is 1. The molecule has 0 aliphatic heterocycles.